The topological polar surface area (TPSA) is 39.1 Å². The highest BCUT2D eigenvalue weighted by molar-refractivity contribution is 4.92. The summed E-state index contributed by atoms with van der Waals surface area (Å²) < 4.78 is 7.85. The Labute approximate surface area is 97.0 Å². The predicted molar refractivity (Wildman–Crippen MR) is 63.2 cm³/mol. The Bertz CT molecular complexity index is 305. The summed E-state index contributed by atoms with van der Waals surface area (Å²) in [5, 5.41) is 3.30. The van der Waals surface area contributed by atoms with Crippen LogP contribution >= 0.6 is 0 Å². The van der Waals surface area contributed by atoms with E-state index in [1.807, 2.05) is 6.20 Å². The van der Waals surface area contributed by atoms with Crippen LogP contribution in [0.5, 0.6) is 0 Å². The first-order chi connectivity index (χ1) is 7.90. The van der Waals surface area contributed by atoms with E-state index in [1.54, 1.807) is 0 Å². The number of nitrogens with zero attached hydrogens (tertiary/aromatic N) is 2. The van der Waals surface area contributed by atoms with E-state index >= 15 is 0 Å². The van der Waals surface area contributed by atoms with Crippen molar-refractivity contribution in [2.24, 2.45) is 0 Å². The van der Waals surface area contributed by atoms with Crippen LogP contribution in [0, 0.1) is 0 Å². The Hall–Kier alpha value is -0.870. The molecule has 1 N–H and O–H groups in total. The minimum Gasteiger partial charge on any atom is -0.378 e. The largest absolute Gasteiger partial charge is 0.378 e. The number of ether oxygens (including phenoxy) is 1. The molecule has 1 fully saturated rings. The van der Waals surface area contributed by atoms with Crippen LogP contribution in [0.2, 0.25) is 0 Å². The zero-order valence-corrected chi connectivity index (χ0v) is 9.98. The molecule has 1 aromatic heterocycles. The van der Waals surface area contributed by atoms with Crippen molar-refractivity contribution in [3.63, 3.8) is 0 Å². The smallest absolute Gasteiger partial charge is 0.122 e. The van der Waals surface area contributed by atoms with E-state index < -0.39 is 0 Å². The van der Waals surface area contributed by atoms with Gasteiger partial charge in [-0.1, -0.05) is 6.92 Å². The standard InChI is InChI=1S/C12H21N3O/c1-2-13-10-12-14-6-8-15(12)7-5-11-4-3-9-16-11/h6,8,11,13H,2-5,7,9-10H2,1H3. The molecule has 0 amide bonds. The predicted octanol–water partition coefficient (Wildman–Crippen LogP) is 1.56. The molecule has 0 aromatic carbocycles. The van der Waals surface area contributed by atoms with Crippen molar-refractivity contribution in [2.75, 3.05) is 13.2 Å². The van der Waals surface area contributed by atoms with Crippen LogP contribution in [0.15, 0.2) is 12.4 Å². The van der Waals surface area contributed by atoms with Crippen molar-refractivity contribution in [1.29, 1.82) is 0 Å². The normalized spacial score (nSPS) is 20.4. The highest BCUT2D eigenvalue weighted by Crippen LogP contribution is 2.16. The van der Waals surface area contributed by atoms with Gasteiger partial charge in [0.1, 0.15) is 5.82 Å². The third-order valence-corrected chi connectivity index (χ3v) is 3.05. The van der Waals surface area contributed by atoms with E-state index in [0.717, 1.165) is 38.5 Å². The molecule has 0 bridgehead atoms. The molecule has 1 saturated heterocycles. The lowest BCUT2D eigenvalue weighted by molar-refractivity contribution is 0.100. The van der Waals surface area contributed by atoms with Gasteiger partial charge in [-0.15, -0.1) is 0 Å². The monoisotopic (exact) mass is 223 g/mol. The first-order valence-corrected chi connectivity index (χ1v) is 6.22. The fourth-order valence-corrected chi connectivity index (χ4v) is 2.10. The quantitative estimate of drug-likeness (QED) is 0.795. The maximum atomic E-state index is 5.62. The summed E-state index contributed by atoms with van der Waals surface area (Å²) in [5.41, 5.74) is 0. The maximum absolute atomic E-state index is 5.62. The van der Waals surface area contributed by atoms with Crippen molar-refractivity contribution < 1.29 is 4.74 Å². The van der Waals surface area contributed by atoms with Gasteiger partial charge in [-0.2, -0.15) is 0 Å². The van der Waals surface area contributed by atoms with Crippen LogP contribution in [-0.4, -0.2) is 28.8 Å². The lowest BCUT2D eigenvalue weighted by Gasteiger charge is -2.11. The number of aryl methyl sites for hydroxylation is 1. The van der Waals surface area contributed by atoms with E-state index in [-0.39, 0.29) is 0 Å². The Morgan fingerprint density at radius 3 is 3.31 bits per heavy atom. The summed E-state index contributed by atoms with van der Waals surface area (Å²) in [6, 6.07) is 0. The van der Waals surface area contributed by atoms with Crippen LogP contribution in [-0.2, 0) is 17.8 Å². The summed E-state index contributed by atoms with van der Waals surface area (Å²) in [6.45, 7) is 5.91. The van der Waals surface area contributed by atoms with Crippen LogP contribution in [0.3, 0.4) is 0 Å². The Morgan fingerprint density at radius 1 is 1.62 bits per heavy atom. The number of hydrogen-bond donors (Lipinski definition) is 1. The van der Waals surface area contributed by atoms with Crippen LogP contribution in [0.25, 0.3) is 0 Å². The molecule has 1 aromatic rings. The number of hydrogen-bond acceptors (Lipinski definition) is 3. The molecule has 2 rings (SSSR count). The van der Waals surface area contributed by atoms with Gasteiger partial charge in [0.15, 0.2) is 0 Å². The zero-order valence-electron chi connectivity index (χ0n) is 9.98. The molecule has 16 heavy (non-hydrogen) atoms. The lowest BCUT2D eigenvalue weighted by atomic mass is 10.2. The van der Waals surface area contributed by atoms with E-state index in [4.69, 9.17) is 4.74 Å². The van der Waals surface area contributed by atoms with Gasteiger partial charge < -0.3 is 14.6 Å². The number of nitrogens with one attached hydrogen (secondary N) is 1. The molecule has 4 heteroatoms. The molecule has 1 aliphatic rings. The SMILES string of the molecule is CCNCc1nccn1CCC1CCCO1. The van der Waals surface area contributed by atoms with E-state index in [0.29, 0.717) is 6.10 Å². The first-order valence-electron chi connectivity index (χ1n) is 6.22. The third-order valence-electron chi connectivity index (χ3n) is 3.05. The summed E-state index contributed by atoms with van der Waals surface area (Å²) in [4.78, 5) is 4.36. The van der Waals surface area contributed by atoms with Gasteiger partial charge in [-0.25, -0.2) is 4.98 Å². The molecule has 0 spiro atoms. The highest BCUT2D eigenvalue weighted by Gasteiger charge is 2.15. The second-order valence-corrected chi connectivity index (χ2v) is 4.24. The third kappa shape index (κ3) is 3.06. The molecule has 90 valence electrons. The van der Waals surface area contributed by atoms with Crippen LogP contribution in [0.4, 0.5) is 0 Å². The maximum Gasteiger partial charge on any atom is 0.122 e. The fraction of sp³-hybridized carbons (Fsp3) is 0.750. The second kappa shape index (κ2) is 6.01. The summed E-state index contributed by atoms with van der Waals surface area (Å²) in [5.74, 6) is 1.12. The van der Waals surface area contributed by atoms with E-state index in [9.17, 15) is 0 Å². The summed E-state index contributed by atoms with van der Waals surface area (Å²) in [6.07, 6.45) is 7.95. The van der Waals surface area contributed by atoms with Crippen LogP contribution in [0.1, 0.15) is 32.0 Å². The average Bonchev–Trinajstić information content (AvgIpc) is 2.94. The molecule has 2 heterocycles. The molecule has 0 radical (unpaired) electrons. The second-order valence-electron chi connectivity index (χ2n) is 4.24. The van der Waals surface area contributed by atoms with Crippen molar-refractivity contribution in [1.82, 2.24) is 14.9 Å². The fourth-order valence-electron chi connectivity index (χ4n) is 2.10. The van der Waals surface area contributed by atoms with Crippen molar-refractivity contribution in [2.45, 2.75) is 45.4 Å². The van der Waals surface area contributed by atoms with Crippen molar-refractivity contribution in [3.8, 4) is 0 Å². The van der Waals surface area contributed by atoms with Gasteiger partial charge in [0.25, 0.3) is 0 Å². The average molecular weight is 223 g/mol. The number of aromatic nitrogens is 2. The van der Waals surface area contributed by atoms with Crippen molar-refractivity contribution in [3.05, 3.63) is 18.2 Å². The Kier molecular flexibility index (Phi) is 4.36. The molecule has 4 nitrogen and oxygen atoms in total. The number of imidazole rings is 1. The van der Waals surface area contributed by atoms with Crippen LogP contribution < -0.4 is 5.32 Å². The van der Waals surface area contributed by atoms with E-state index in [1.165, 1.54) is 12.8 Å². The van der Waals surface area contributed by atoms with Gasteiger partial charge in [0, 0.05) is 25.5 Å². The minimum absolute atomic E-state index is 0.467. The summed E-state index contributed by atoms with van der Waals surface area (Å²) in [7, 11) is 0. The van der Waals surface area contributed by atoms with Gasteiger partial charge >= 0.3 is 0 Å². The highest BCUT2D eigenvalue weighted by atomic mass is 16.5. The van der Waals surface area contributed by atoms with Crippen molar-refractivity contribution >= 4 is 0 Å². The molecule has 1 aliphatic heterocycles. The molecule has 1 atom stereocenters. The van der Waals surface area contributed by atoms with Gasteiger partial charge in [0.05, 0.1) is 12.6 Å². The molecular formula is C12H21N3O. The minimum atomic E-state index is 0.467. The Balaban J connectivity index is 1.80. The van der Waals surface area contributed by atoms with Gasteiger partial charge in [-0.05, 0) is 25.8 Å². The van der Waals surface area contributed by atoms with Gasteiger partial charge in [-0.3, -0.25) is 0 Å². The summed E-state index contributed by atoms with van der Waals surface area (Å²) >= 11 is 0. The molecular weight excluding hydrogens is 202 g/mol. The Morgan fingerprint density at radius 2 is 2.56 bits per heavy atom. The van der Waals surface area contributed by atoms with E-state index in [2.05, 4.69) is 28.0 Å². The zero-order chi connectivity index (χ0) is 11.2. The van der Waals surface area contributed by atoms with Gasteiger partial charge in [0.2, 0.25) is 0 Å². The molecule has 0 aliphatic carbocycles. The number of rotatable bonds is 6. The molecule has 1 unspecified atom stereocenters. The lowest BCUT2D eigenvalue weighted by Crippen LogP contribution is -2.17. The first kappa shape index (κ1) is 11.6. The molecule has 0 saturated carbocycles.